The molecule has 1 saturated heterocycles. The van der Waals surface area contributed by atoms with Crippen molar-refractivity contribution in [1.82, 2.24) is 9.88 Å². The van der Waals surface area contributed by atoms with Crippen LogP contribution in [0.1, 0.15) is 5.56 Å². The van der Waals surface area contributed by atoms with Crippen LogP contribution in [0.25, 0.3) is 0 Å². The Hall–Kier alpha value is -3.09. The number of pyridine rings is 1. The van der Waals surface area contributed by atoms with Crippen LogP contribution in [0, 0.1) is 0 Å². The first-order chi connectivity index (χ1) is 12.2. The summed E-state index contributed by atoms with van der Waals surface area (Å²) in [6.07, 6.45) is 3.55. The first-order valence-electron chi connectivity index (χ1n) is 8.07. The minimum atomic E-state index is -0.0988. The van der Waals surface area contributed by atoms with Gasteiger partial charge in [-0.05, 0) is 29.8 Å². The first-order valence-corrected chi connectivity index (χ1v) is 8.07. The Labute approximate surface area is 144 Å². The van der Waals surface area contributed by atoms with Crippen molar-refractivity contribution in [1.29, 1.82) is 0 Å². The number of carbonyl (C=O) groups excluding carboxylic acids is 2. The van der Waals surface area contributed by atoms with E-state index < -0.39 is 0 Å². The van der Waals surface area contributed by atoms with Gasteiger partial charge in [0.05, 0.1) is 18.3 Å². The highest BCUT2D eigenvalue weighted by Crippen LogP contribution is 2.32. The SMILES string of the molecule is O=C(Cc1ccc2c(c1)OCO2)N1CCN(c2cccnc2)C(=O)C1. The van der Waals surface area contributed by atoms with Crippen LogP contribution in [0.2, 0.25) is 0 Å². The zero-order valence-electron chi connectivity index (χ0n) is 13.6. The van der Waals surface area contributed by atoms with Gasteiger partial charge in [0, 0.05) is 19.3 Å². The third-order valence-corrected chi connectivity index (χ3v) is 4.32. The molecule has 2 aliphatic heterocycles. The normalized spacial score (nSPS) is 16.2. The number of hydrogen-bond donors (Lipinski definition) is 0. The number of anilines is 1. The van der Waals surface area contributed by atoms with E-state index in [-0.39, 0.29) is 31.6 Å². The number of carbonyl (C=O) groups is 2. The van der Waals surface area contributed by atoms with Gasteiger partial charge in [0.15, 0.2) is 11.5 Å². The molecule has 1 aromatic carbocycles. The molecule has 0 N–H and O–H groups in total. The molecule has 7 heteroatoms. The van der Waals surface area contributed by atoms with E-state index >= 15 is 0 Å². The Morgan fingerprint density at radius 1 is 1.16 bits per heavy atom. The molecule has 0 atom stereocenters. The largest absolute Gasteiger partial charge is 0.454 e. The molecule has 4 rings (SSSR count). The summed E-state index contributed by atoms with van der Waals surface area (Å²) < 4.78 is 10.6. The summed E-state index contributed by atoms with van der Waals surface area (Å²) in [5, 5.41) is 0. The highest BCUT2D eigenvalue weighted by atomic mass is 16.7. The van der Waals surface area contributed by atoms with E-state index in [1.807, 2.05) is 18.2 Å². The monoisotopic (exact) mass is 339 g/mol. The minimum Gasteiger partial charge on any atom is -0.454 e. The van der Waals surface area contributed by atoms with Crippen molar-refractivity contribution in [3.05, 3.63) is 48.3 Å². The van der Waals surface area contributed by atoms with E-state index in [9.17, 15) is 9.59 Å². The third-order valence-electron chi connectivity index (χ3n) is 4.32. The van der Waals surface area contributed by atoms with Gasteiger partial charge in [-0.25, -0.2) is 0 Å². The number of amides is 2. The molecule has 0 spiro atoms. The Morgan fingerprint density at radius 3 is 2.84 bits per heavy atom. The fourth-order valence-electron chi connectivity index (χ4n) is 3.01. The lowest BCUT2D eigenvalue weighted by molar-refractivity contribution is -0.136. The average Bonchev–Trinajstić information content (AvgIpc) is 3.10. The van der Waals surface area contributed by atoms with Crippen LogP contribution >= 0.6 is 0 Å². The van der Waals surface area contributed by atoms with Crippen molar-refractivity contribution in [2.45, 2.75) is 6.42 Å². The molecule has 0 saturated carbocycles. The zero-order chi connectivity index (χ0) is 17.2. The van der Waals surface area contributed by atoms with E-state index in [0.717, 1.165) is 11.3 Å². The van der Waals surface area contributed by atoms with Gasteiger partial charge in [0.2, 0.25) is 18.6 Å². The quantitative estimate of drug-likeness (QED) is 0.841. The Morgan fingerprint density at radius 2 is 2.04 bits per heavy atom. The predicted molar refractivity (Wildman–Crippen MR) is 89.4 cm³/mol. The molecule has 0 bridgehead atoms. The summed E-state index contributed by atoms with van der Waals surface area (Å²) in [6, 6.07) is 9.10. The van der Waals surface area contributed by atoms with Crippen molar-refractivity contribution in [2.24, 2.45) is 0 Å². The maximum atomic E-state index is 12.5. The predicted octanol–water partition coefficient (Wildman–Crippen LogP) is 1.23. The second kappa shape index (κ2) is 6.43. The Bertz CT molecular complexity index is 809. The van der Waals surface area contributed by atoms with Crippen LogP contribution in [0.4, 0.5) is 5.69 Å². The number of fused-ring (bicyclic) bond motifs is 1. The van der Waals surface area contributed by atoms with E-state index in [1.54, 1.807) is 34.3 Å². The highest BCUT2D eigenvalue weighted by Gasteiger charge is 2.28. The summed E-state index contributed by atoms with van der Waals surface area (Å²) >= 11 is 0. The van der Waals surface area contributed by atoms with Gasteiger partial charge in [-0.2, -0.15) is 0 Å². The fourth-order valence-corrected chi connectivity index (χ4v) is 3.01. The van der Waals surface area contributed by atoms with Crippen LogP contribution in [-0.2, 0) is 16.0 Å². The molecule has 2 aliphatic rings. The number of aromatic nitrogens is 1. The van der Waals surface area contributed by atoms with Gasteiger partial charge in [-0.1, -0.05) is 6.07 Å². The van der Waals surface area contributed by atoms with Crippen LogP contribution in [-0.4, -0.2) is 48.1 Å². The van der Waals surface area contributed by atoms with Gasteiger partial charge in [0.25, 0.3) is 0 Å². The fraction of sp³-hybridized carbons (Fsp3) is 0.278. The van der Waals surface area contributed by atoms with Crippen LogP contribution in [0.5, 0.6) is 11.5 Å². The molecule has 3 heterocycles. The topological polar surface area (TPSA) is 72.0 Å². The lowest BCUT2D eigenvalue weighted by Gasteiger charge is -2.34. The molecular weight excluding hydrogens is 322 g/mol. The molecule has 25 heavy (non-hydrogen) atoms. The van der Waals surface area contributed by atoms with Crippen molar-refractivity contribution < 1.29 is 19.1 Å². The van der Waals surface area contributed by atoms with Crippen molar-refractivity contribution in [2.75, 3.05) is 31.3 Å². The maximum absolute atomic E-state index is 12.5. The van der Waals surface area contributed by atoms with Gasteiger partial charge in [-0.15, -0.1) is 0 Å². The van der Waals surface area contributed by atoms with E-state index in [0.29, 0.717) is 24.6 Å². The molecule has 1 fully saturated rings. The van der Waals surface area contributed by atoms with Gasteiger partial charge >= 0.3 is 0 Å². The average molecular weight is 339 g/mol. The van der Waals surface area contributed by atoms with Gasteiger partial charge in [0.1, 0.15) is 6.54 Å². The molecule has 1 aromatic heterocycles. The minimum absolute atomic E-state index is 0.0712. The van der Waals surface area contributed by atoms with Crippen LogP contribution < -0.4 is 14.4 Å². The third kappa shape index (κ3) is 3.13. The maximum Gasteiger partial charge on any atom is 0.246 e. The van der Waals surface area contributed by atoms with Crippen LogP contribution in [0.15, 0.2) is 42.7 Å². The summed E-state index contributed by atoms with van der Waals surface area (Å²) in [4.78, 5) is 32.2. The van der Waals surface area contributed by atoms with Gasteiger partial charge in [-0.3, -0.25) is 14.6 Å². The number of hydrogen-bond acceptors (Lipinski definition) is 5. The molecular formula is C18H17N3O4. The second-order valence-electron chi connectivity index (χ2n) is 5.94. The number of ether oxygens (including phenoxy) is 2. The first kappa shape index (κ1) is 15.4. The summed E-state index contributed by atoms with van der Waals surface area (Å²) in [5.74, 6) is 1.18. The van der Waals surface area contributed by atoms with Crippen molar-refractivity contribution >= 4 is 17.5 Å². The highest BCUT2D eigenvalue weighted by molar-refractivity contribution is 5.98. The summed E-state index contributed by atoms with van der Waals surface area (Å²) in [6.45, 7) is 1.26. The second-order valence-corrected chi connectivity index (χ2v) is 5.94. The van der Waals surface area contributed by atoms with E-state index in [2.05, 4.69) is 4.98 Å². The summed E-state index contributed by atoms with van der Waals surface area (Å²) in [7, 11) is 0. The lowest BCUT2D eigenvalue weighted by atomic mass is 10.1. The molecule has 2 amide bonds. The lowest BCUT2D eigenvalue weighted by Crippen LogP contribution is -2.52. The van der Waals surface area contributed by atoms with E-state index in [4.69, 9.17) is 9.47 Å². The number of benzene rings is 1. The Kier molecular flexibility index (Phi) is 3.97. The molecule has 0 unspecified atom stereocenters. The number of piperazine rings is 1. The molecule has 0 aliphatic carbocycles. The van der Waals surface area contributed by atoms with Crippen molar-refractivity contribution in [3.63, 3.8) is 0 Å². The summed E-state index contributed by atoms with van der Waals surface area (Å²) in [5.41, 5.74) is 1.60. The molecule has 2 aromatic rings. The Balaban J connectivity index is 1.40. The molecule has 128 valence electrons. The molecule has 7 nitrogen and oxygen atoms in total. The smallest absolute Gasteiger partial charge is 0.246 e. The van der Waals surface area contributed by atoms with Crippen LogP contribution in [0.3, 0.4) is 0 Å². The standard InChI is InChI=1S/C18H17N3O4/c22-17(9-13-3-4-15-16(8-13)25-12-24-15)20-6-7-21(18(23)11-20)14-2-1-5-19-10-14/h1-5,8,10H,6-7,9,11-12H2. The number of rotatable bonds is 3. The van der Waals surface area contributed by atoms with Gasteiger partial charge < -0.3 is 19.3 Å². The zero-order valence-corrected chi connectivity index (χ0v) is 13.6. The van der Waals surface area contributed by atoms with Crippen molar-refractivity contribution in [3.8, 4) is 11.5 Å². The number of nitrogens with zero attached hydrogens (tertiary/aromatic N) is 3. The molecule has 0 radical (unpaired) electrons. The van der Waals surface area contributed by atoms with E-state index in [1.165, 1.54) is 0 Å².